The van der Waals surface area contributed by atoms with E-state index < -0.39 is 15.3 Å². The molecule has 78 valence electrons. The van der Waals surface area contributed by atoms with Gasteiger partial charge in [-0.1, -0.05) is 21.8 Å². The van der Waals surface area contributed by atoms with E-state index in [1.165, 1.54) is 6.92 Å². The molecule has 3 N–H and O–H groups in total. The van der Waals surface area contributed by atoms with Crippen LogP contribution in [-0.4, -0.2) is 33.5 Å². The lowest BCUT2D eigenvalue weighted by atomic mass is 10.5. The first-order valence-electron chi connectivity index (χ1n) is 3.39. The Morgan fingerprint density at radius 1 is 1.71 bits per heavy atom. The minimum absolute atomic E-state index is 0.0908. The summed E-state index contributed by atoms with van der Waals surface area (Å²) in [5.74, 6) is 0. The van der Waals surface area contributed by atoms with Crippen LogP contribution in [0, 0.1) is 0 Å². The molecule has 0 amide bonds. The number of hydrogen-bond acceptors (Lipinski definition) is 7. The number of hydrogen-bond donors (Lipinski definition) is 2. The third-order valence-electron chi connectivity index (χ3n) is 1.40. The van der Waals surface area contributed by atoms with Gasteiger partial charge in [-0.15, -0.1) is 0 Å². The topological polar surface area (TPSA) is 111 Å². The molecule has 0 aliphatic carbocycles. The molecule has 0 radical (unpaired) electrons. The molecule has 0 aliphatic heterocycles. The highest BCUT2D eigenvalue weighted by molar-refractivity contribution is 7.95. The first-order chi connectivity index (χ1) is 6.43. The average Bonchev–Trinajstić information content (AvgIpc) is 2.54. The molecule has 1 unspecified atom stereocenters. The second kappa shape index (κ2) is 4.11. The Kier molecular flexibility index (Phi) is 3.29. The van der Waals surface area contributed by atoms with Crippen molar-refractivity contribution in [3.63, 3.8) is 0 Å². The number of rotatable bonds is 4. The Labute approximate surface area is 89.9 Å². The van der Waals surface area contributed by atoms with Crippen LogP contribution < -0.4 is 10.5 Å². The standard InChI is InChI=1S/C4H7N5O2S3/c1-2(3(5)12)14(10,11)7-4-6-8-9-13-4/h2H,1H3,(H2,5,12)(H,6,7,9). The Bertz CT molecular complexity index is 412. The lowest BCUT2D eigenvalue weighted by Crippen LogP contribution is -2.35. The van der Waals surface area contributed by atoms with E-state index in [4.69, 9.17) is 5.73 Å². The van der Waals surface area contributed by atoms with Crippen molar-refractivity contribution in [2.24, 2.45) is 5.73 Å². The summed E-state index contributed by atoms with van der Waals surface area (Å²) in [5.41, 5.74) is 5.22. The summed E-state index contributed by atoms with van der Waals surface area (Å²) >= 11 is 5.40. The van der Waals surface area contributed by atoms with E-state index in [9.17, 15) is 8.42 Å². The van der Waals surface area contributed by atoms with Crippen LogP contribution in [0.2, 0.25) is 0 Å². The van der Waals surface area contributed by atoms with Crippen molar-refractivity contribution in [3.8, 4) is 0 Å². The van der Waals surface area contributed by atoms with Crippen LogP contribution in [0.3, 0.4) is 0 Å². The quantitative estimate of drug-likeness (QED) is 0.686. The van der Waals surface area contributed by atoms with Crippen molar-refractivity contribution < 1.29 is 8.42 Å². The monoisotopic (exact) mass is 253 g/mol. The summed E-state index contributed by atoms with van der Waals surface area (Å²) in [6.07, 6.45) is 0. The molecular formula is C4H7N5O2S3. The number of nitrogens with zero attached hydrogens (tertiary/aromatic N) is 3. The van der Waals surface area contributed by atoms with Crippen LogP contribution in [-0.2, 0) is 10.0 Å². The molecule has 0 spiro atoms. The smallest absolute Gasteiger partial charge is 0.243 e. The van der Waals surface area contributed by atoms with E-state index in [0.29, 0.717) is 0 Å². The normalized spacial score (nSPS) is 13.5. The minimum atomic E-state index is -3.63. The van der Waals surface area contributed by atoms with E-state index in [1.54, 1.807) is 0 Å². The minimum Gasteiger partial charge on any atom is -0.392 e. The summed E-state index contributed by atoms with van der Waals surface area (Å²) < 4.78 is 28.5. The molecule has 0 fully saturated rings. The summed E-state index contributed by atoms with van der Waals surface area (Å²) in [4.78, 5) is -0.102. The Morgan fingerprint density at radius 2 is 2.36 bits per heavy atom. The summed E-state index contributed by atoms with van der Waals surface area (Å²) in [7, 11) is -3.63. The third kappa shape index (κ3) is 2.56. The van der Waals surface area contributed by atoms with Gasteiger partial charge in [0.15, 0.2) is 0 Å². The highest BCUT2D eigenvalue weighted by Crippen LogP contribution is 2.11. The molecule has 14 heavy (non-hydrogen) atoms. The number of nitrogens with two attached hydrogens (primary N) is 1. The van der Waals surface area contributed by atoms with Gasteiger partial charge in [-0.25, -0.2) is 8.42 Å². The average molecular weight is 253 g/mol. The molecule has 0 aliphatic rings. The Hall–Kier alpha value is -0.870. The first-order valence-corrected chi connectivity index (χ1v) is 6.12. The van der Waals surface area contributed by atoms with Crippen LogP contribution in [0.1, 0.15) is 6.92 Å². The van der Waals surface area contributed by atoms with Crippen molar-refractivity contribution in [1.29, 1.82) is 0 Å². The molecule has 0 aromatic carbocycles. The SMILES string of the molecule is CC(C(N)=S)S(=O)(=O)Nc1nnns1. The molecule has 7 nitrogen and oxygen atoms in total. The summed E-state index contributed by atoms with van der Waals surface area (Å²) in [6.45, 7) is 1.39. The largest absolute Gasteiger partial charge is 0.392 e. The van der Waals surface area contributed by atoms with Gasteiger partial charge < -0.3 is 5.73 Å². The molecule has 1 rings (SSSR count). The lowest BCUT2D eigenvalue weighted by molar-refractivity contribution is 0.598. The zero-order valence-electron chi connectivity index (χ0n) is 7.04. The van der Waals surface area contributed by atoms with E-state index >= 15 is 0 Å². The van der Waals surface area contributed by atoms with Gasteiger partial charge in [-0.05, 0) is 12.1 Å². The van der Waals surface area contributed by atoms with Crippen LogP contribution in [0.15, 0.2) is 0 Å². The predicted molar refractivity (Wildman–Crippen MR) is 56.5 cm³/mol. The number of anilines is 1. The second-order valence-corrected chi connectivity index (χ2v) is 5.56. The lowest BCUT2D eigenvalue weighted by Gasteiger charge is -2.10. The van der Waals surface area contributed by atoms with Gasteiger partial charge in [0.1, 0.15) is 5.25 Å². The van der Waals surface area contributed by atoms with E-state index in [1.807, 2.05) is 0 Å². The van der Waals surface area contributed by atoms with E-state index in [2.05, 4.69) is 31.7 Å². The summed E-state index contributed by atoms with van der Waals surface area (Å²) in [6, 6.07) is 0. The number of thiocarbonyl (C=S) groups is 1. The maximum Gasteiger partial charge on any atom is 0.243 e. The highest BCUT2D eigenvalue weighted by atomic mass is 32.2. The van der Waals surface area contributed by atoms with Gasteiger partial charge in [0.25, 0.3) is 0 Å². The molecule has 1 atom stereocenters. The van der Waals surface area contributed by atoms with Crippen molar-refractivity contribution in [1.82, 2.24) is 14.8 Å². The van der Waals surface area contributed by atoms with Gasteiger partial charge in [-0.2, -0.15) is 0 Å². The van der Waals surface area contributed by atoms with Crippen LogP contribution in [0.25, 0.3) is 0 Å². The van der Waals surface area contributed by atoms with Gasteiger partial charge in [0.2, 0.25) is 15.2 Å². The first kappa shape index (κ1) is 11.2. The molecule has 1 aromatic heterocycles. The van der Waals surface area contributed by atoms with Gasteiger partial charge >= 0.3 is 0 Å². The fourth-order valence-corrected chi connectivity index (χ4v) is 2.40. The van der Waals surface area contributed by atoms with E-state index in [-0.39, 0.29) is 10.1 Å². The van der Waals surface area contributed by atoms with Gasteiger partial charge in [-0.3, -0.25) is 4.72 Å². The Morgan fingerprint density at radius 3 is 2.79 bits per heavy atom. The third-order valence-corrected chi connectivity index (χ3v) is 4.20. The molecule has 1 heterocycles. The highest BCUT2D eigenvalue weighted by Gasteiger charge is 2.24. The molecule has 0 bridgehead atoms. The van der Waals surface area contributed by atoms with Crippen molar-refractivity contribution >= 4 is 43.9 Å². The number of aromatic nitrogens is 3. The van der Waals surface area contributed by atoms with Gasteiger partial charge in [0.05, 0.1) is 4.99 Å². The van der Waals surface area contributed by atoms with Gasteiger partial charge in [0, 0.05) is 11.5 Å². The van der Waals surface area contributed by atoms with Crippen molar-refractivity contribution in [2.45, 2.75) is 12.2 Å². The van der Waals surface area contributed by atoms with Crippen molar-refractivity contribution in [2.75, 3.05) is 4.72 Å². The van der Waals surface area contributed by atoms with Crippen LogP contribution in [0.4, 0.5) is 5.13 Å². The van der Waals surface area contributed by atoms with E-state index in [0.717, 1.165) is 11.5 Å². The van der Waals surface area contributed by atoms with Crippen LogP contribution in [0.5, 0.6) is 0 Å². The van der Waals surface area contributed by atoms with Crippen molar-refractivity contribution in [3.05, 3.63) is 0 Å². The summed E-state index contributed by atoms with van der Waals surface area (Å²) in [5, 5.41) is 5.80. The second-order valence-electron chi connectivity index (χ2n) is 2.36. The predicted octanol–water partition coefficient (Wildman–Crippen LogP) is -0.651. The molecule has 0 saturated heterocycles. The number of nitrogens with one attached hydrogen (secondary N) is 1. The maximum absolute atomic E-state index is 11.5. The fourth-order valence-electron chi connectivity index (χ4n) is 0.536. The zero-order chi connectivity index (χ0) is 10.8. The fraction of sp³-hybridized carbons (Fsp3) is 0.500. The van der Waals surface area contributed by atoms with Crippen LogP contribution >= 0.6 is 23.8 Å². The Balaban J connectivity index is 2.83. The zero-order valence-corrected chi connectivity index (χ0v) is 9.49. The maximum atomic E-state index is 11.5. The number of sulfonamides is 1. The molecule has 0 saturated carbocycles. The molecular weight excluding hydrogens is 246 g/mol. The molecule has 10 heteroatoms. The molecule has 1 aromatic rings.